The number of aliphatic hydroxyl groups excluding tert-OH is 1. The summed E-state index contributed by atoms with van der Waals surface area (Å²) in [5.74, 6) is 0.287. The molecule has 1 aromatic carbocycles. The van der Waals surface area contributed by atoms with Gasteiger partial charge in [0.2, 0.25) is 10.0 Å². The van der Waals surface area contributed by atoms with E-state index in [1.807, 2.05) is 34.6 Å². The second-order valence-corrected chi connectivity index (χ2v) is 17.3. The number of aliphatic hydroxyl groups is 1. The number of hydrogen-bond acceptors (Lipinski definition) is 9. The molecular formula is C34H51F3N6O6S. The van der Waals surface area contributed by atoms with Crippen molar-refractivity contribution in [1.82, 2.24) is 29.6 Å². The summed E-state index contributed by atoms with van der Waals surface area (Å²) in [6.07, 6.45) is -2.32. The van der Waals surface area contributed by atoms with E-state index in [-0.39, 0.29) is 43.7 Å². The topological polar surface area (TPSA) is 142 Å². The molecule has 0 saturated carbocycles. The normalized spacial score (nSPS) is 21.7. The van der Waals surface area contributed by atoms with Crippen molar-refractivity contribution in [3.8, 4) is 11.3 Å². The molecule has 280 valence electrons. The lowest BCUT2D eigenvalue weighted by molar-refractivity contribution is -0.138. The first-order valence-electron chi connectivity index (χ1n) is 17.2. The first-order valence-corrected chi connectivity index (χ1v) is 19.1. The van der Waals surface area contributed by atoms with Crippen molar-refractivity contribution in [2.24, 2.45) is 5.92 Å². The maximum Gasteiger partial charge on any atom is 0.416 e. The fourth-order valence-corrected chi connectivity index (χ4v) is 7.67. The molecule has 0 spiro atoms. The number of likely N-dealkylation sites (tertiary alicyclic amines) is 1. The van der Waals surface area contributed by atoms with Gasteiger partial charge in [-0.3, -0.25) is 10.00 Å². The second kappa shape index (κ2) is 14.7. The van der Waals surface area contributed by atoms with Crippen LogP contribution in [0.3, 0.4) is 0 Å². The smallest absolute Gasteiger partial charge is 0.416 e. The van der Waals surface area contributed by atoms with Gasteiger partial charge < -0.3 is 24.8 Å². The van der Waals surface area contributed by atoms with E-state index in [9.17, 15) is 31.5 Å². The number of aromatic nitrogens is 2. The zero-order valence-corrected chi connectivity index (χ0v) is 30.6. The van der Waals surface area contributed by atoms with Crippen LogP contribution in [-0.4, -0.2) is 101 Å². The number of epoxide rings is 1. The Labute approximate surface area is 292 Å². The predicted octanol–water partition coefficient (Wildman–Crippen LogP) is 4.10. The van der Waals surface area contributed by atoms with Gasteiger partial charge in [-0.05, 0) is 63.6 Å². The van der Waals surface area contributed by atoms with E-state index in [0.717, 1.165) is 18.0 Å². The number of fused-ring (bicyclic) bond motifs is 1. The van der Waals surface area contributed by atoms with Crippen LogP contribution >= 0.6 is 0 Å². The van der Waals surface area contributed by atoms with Gasteiger partial charge in [-0.2, -0.15) is 22.6 Å². The summed E-state index contributed by atoms with van der Waals surface area (Å²) in [5, 5.41) is 22.1. The molecule has 3 aliphatic rings. The Morgan fingerprint density at radius 2 is 1.84 bits per heavy atom. The van der Waals surface area contributed by atoms with Gasteiger partial charge in [0.15, 0.2) is 0 Å². The van der Waals surface area contributed by atoms with Crippen LogP contribution in [0.1, 0.15) is 76.3 Å². The summed E-state index contributed by atoms with van der Waals surface area (Å²) in [6.45, 7) is 11.9. The summed E-state index contributed by atoms with van der Waals surface area (Å²) < 4.78 is 81.5. The molecule has 0 radical (unpaired) electrons. The lowest BCUT2D eigenvalue weighted by Gasteiger charge is -2.34. The molecule has 12 nitrogen and oxygen atoms in total. The Morgan fingerprint density at radius 1 is 1.16 bits per heavy atom. The van der Waals surface area contributed by atoms with Gasteiger partial charge in [-0.15, -0.1) is 0 Å². The Morgan fingerprint density at radius 3 is 2.42 bits per heavy atom. The van der Waals surface area contributed by atoms with Gasteiger partial charge in [0, 0.05) is 68.6 Å². The molecular weight excluding hydrogens is 677 g/mol. The highest BCUT2D eigenvalue weighted by molar-refractivity contribution is 7.88. The zero-order chi connectivity index (χ0) is 36.6. The molecule has 5 rings (SSSR count). The number of β-amino-alcohol motifs (C(OH)–C–C–N with tert-alkyl or cyclic N) is 1. The van der Waals surface area contributed by atoms with Crippen LogP contribution in [0.25, 0.3) is 11.3 Å². The van der Waals surface area contributed by atoms with Crippen LogP contribution in [0, 0.1) is 5.92 Å². The summed E-state index contributed by atoms with van der Waals surface area (Å²) in [7, 11) is -3.55. The molecule has 0 aliphatic carbocycles. The van der Waals surface area contributed by atoms with Crippen molar-refractivity contribution >= 4 is 16.1 Å². The first-order chi connectivity index (χ1) is 23.2. The van der Waals surface area contributed by atoms with Crippen LogP contribution in [-0.2, 0) is 51.7 Å². The SMILES string of the molecule is CC(C)CC1(NCc2cc(-c3nn(CC(O)CN4CCC(NC(=O)OC(C)(C)C)CC4)c4c3CN(S(C)(=O)=O)CC4)ccc2C(F)(F)F)CO1. The summed E-state index contributed by atoms with van der Waals surface area (Å²) in [4.78, 5) is 14.3. The number of ether oxygens (including phenoxy) is 2. The molecule has 2 aromatic rings. The Hall–Kier alpha value is -2.76. The second-order valence-electron chi connectivity index (χ2n) is 15.3. The van der Waals surface area contributed by atoms with E-state index in [4.69, 9.17) is 14.6 Å². The lowest BCUT2D eigenvalue weighted by atomic mass is 9.97. The molecule has 1 amide bonds. The zero-order valence-electron chi connectivity index (χ0n) is 29.8. The molecule has 16 heteroatoms. The fourth-order valence-electron chi connectivity index (χ4n) is 6.88. The molecule has 3 aliphatic heterocycles. The monoisotopic (exact) mass is 728 g/mol. The number of alkyl carbamates (subject to hydrolysis) is 1. The van der Waals surface area contributed by atoms with Gasteiger partial charge in [0.25, 0.3) is 0 Å². The highest BCUT2D eigenvalue weighted by Gasteiger charge is 2.45. The molecule has 2 atom stereocenters. The summed E-state index contributed by atoms with van der Waals surface area (Å²) in [6, 6.07) is 3.87. The standard InChI is InChI=1S/C34H51F3N6O6S/c1-22(2)16-33(21-48-33)38-17-24-15-23(7-8-28(24)34(35,36)37)30-27-20-42(50(6,46)47)14-11-29(27)43(40-30)19-26(44)18-41-12-9-25(10-13-41)39-31(45)49-32(3,4)5/h7-8,15,22,25-26,38,44H,9-14,16-21H2,1-6H3,(H,39,45). The molecule has 1 aromatic heterocycles. The first kappa shape index (κ1) is 38.5. The van der Waals surface area contributed by atoms with Crippen LogP contribution in [0.15, 0.2) is 18.2 Å². The quantitative estimate of drug-likeness (QED) is 0.276. The average molecular weight is 729 g/mol. The van der Waals surface area contributed by atoms with E-state index in [2.05, 4.69) is 15.5 Å². The number of nitrogens with zero attached hydrogens (tertiary/aromatic N) is 4. The minimum atomic E-state index is -4.58. The Kier molecular flexibility index (Phi) is 11.3. The third-order valence-electron chi connectivity index (χ3n) is 9.24. The van der Waals surface area contributed by atoms with E-state index in [1.165, 1.54) is 16.4 Å². The third-order valence-corrected chi connectivity index (χ3v) is 10.5. The van der Waals surface area contributed by atoms with E-state index in [0.29, 0.717) is 68.7 Å². The van der Waals surface area contributed by atoms with Gasteiger partial charge >= 0.3 is 12.3 Å². The number of alkyl halides is 3. The molecule has 4 heterocycles. The van der Waals surface area contributed by atoms with E-state index < -0.39 is 45.3 Å². The Balaban J connectivity index is 1.34. The number of sulfonamides is 1. The fraction of sp³-hybridized carbons (Fsp3) is 0.706. The van der Waals surface area contributed by atoms with Crippen molar-refractivity contribution < 1.29 is 41.0 Å². The lowest BCUT2D eigenvalue weighted by Crippen LogP contribution is -2.48. The largest absolute Gasteiger partial charge is 0.444 e. The van der Waals surface area contributed by atoms with Gasteiger partial charge in [-0.25, -0.2) is 13.2 Å². The molecule has 2 saturated heterocycles. The molecule has 2 unspecified atom stereocenters. The minimum absolute atomic E-state index is 0.0255. The maximum atomic E-state index is 14.2. The number of nitrogens with one attached hydrogen (secondary N) is 2. The van der Waals surface area contributed by atoms with Gasteiger partial charge in [-0.1, -0.05) is 19.9 Å². The minimum Gasteiger partial charge on any atom is -0.444 e. The van der Waals surface area contributed by atoms with Gasteiger partial charge in [0.05, 0.1) is 36.8 Å². The predicted molar refractivity (Wildman–Crippen MR) is 181 cm³/mol. The Bertz CT molecular complexity index is 1630. The van der Waals surface area contributed by atoms with Crippen LogP contribution < -0.4 is 10.6 Å². The number of hydrogen-bond donors (Lipinski definition) is 3. The van der Waals surface area contributed by atoms with E-state index >= 15 is 0 Å². The third kappa shape index (κ3) is 9.97. The highest BCUT2D eigenvalue weighted by atomic mass is 32.2. The number of benzene rings is 1. The highest BCUT2D eigenvalue weighted by Crippen LogP contribution is 2.38. The number of halogens is 3. The molecule has 50 heavy (non-hydrogen) atoms. The maximum absolute atomic E-state index is 14.2. The van der Waals surface area contributed by atoms with Crippen LogP contribution in [0.5, 0.6) is 0 Å². The number of rotatable bonds is 12. The van der Waals surface area contributed by atoms with Crippen molar-refractivity contribution in [2.45, 2.75) is 110 Å². The number of amides is 1. The van der Waals surface area contributed by atoms with Crippen LogP contribution in [0.2, 0.25) is 0 Å². The van der Waals surface area contributed by atoms with Crippen molar-refractivity contribution in [3.05, 3.63) is 40.6 Å². The van der Waals surface area contributed by atoms with E-state index in [1.54, 1.807) is 4.68 Å². The molecule has 3 N–H and O–H groups in total. The van der Waals surface area contributed by atoms with Crippen molar-refractivity contribution in [1.29, 1.82) is 0 Å². The summed E-state index contributed by atoms with van der Waals surface area (Å²) in [5.41, 5.74) is 0.233. The van der Waals surface area contributed by atoms with Gasteiger partial charge in [0.1, 0.15) is 11.3 Å². The number of piperidine rings is 1. The van der Waals surface area contributed by atoms with Crippen molar-refractivity contribution in [2.75, 3.05) is 39.0 Å². The summed E-state index contributed by atoms with van der Waals surface area (Å²) >= 11 is 0. The number of carbonyl (C=O) groups excluding carboxylic acids is 1. The average Bonchev–Trinajstić information content (AvgIpc) is 3.66. The molecule has 2 fully saturated rings. The number of carbonyl (C=O) groups is 1. The van der Waals surface area contributed by atoms with Crippen LogP contribution in [0.4, 0.5) is 18.0 Å². The molecule has 0 bridgehead atoms. The van der Waals surface area contributed by atoms with Crippen molar-refractivity contribution in [3.63, 3.8) is 0 Å².